The van der Waals surface area contributed by atoms with Gasteiger partial charge in [-0.1, -0.05) is 6.42 Å². The van der Waals surface area contributed by atoms with E-state index in [4.69, 9.17) is 9.16 Å². The first-order valence-electron chi connectivity index (χ1n) is 5.15. The van der Waals surface area contributed by atoms with Crippen LogP contribution in [0, 0.1) is 0 Å². The molecule has 0 spiro atoms. The van der Waals surface area contributed by atoms with Crippen molar-refractivity contribution in [3.8, 4) is 0 Å². The molecule has 0 saturated carbocycles. The summed E-state index contributed by atoms with van der Waals surface area (Å²) < 4.78 is 10.3. The minimum absolute atomic E-state index is 0.00849. The summed E-state index contributed by atoms with van der Waals surface area (Å²) in [6.45, 7) is 3.06. The summed E-state index contributed by atoms with van der Waals surface area (Å²) in [5.41, 5.74) is 0. The Labute approximate surface area is 77.6 Å². The minimum atomic E-state index is 0.00849. The zero-order chi connectivity index (χ0) is 8.49. The Hall–Kier alpha value is 0.137. The van der Waals surface area contributed by atoms with Crippen molar-refractivity contribution in [1.82, 2.24) is 0 Å². The fourth-order valence-electron chi connectivity index (χ4n) is 1.37. The molecule has 0 aromatic carbocycles. The fourth-order valence-corrected chi connectivity index (χ4v) is 2.54. The summed E-state index contributed by atoms with van der Waals surface area (Å²) in [4.78, 5) is 0. The van der Waals surface area contributed by atoms with Crippen LogP contribution in [0.3, 0.4) is 0 Å². The van der Waals surface area contributed by atoms with Crippen LogP contribution in [-0.2, 0) is 9.16 Å². The molecule has 0 aromatic heterocycles. The molecule has 3 heteroatoms. The van der Waals surface area contributed by atoms with Crippen molar-refractivity contribution in [3.05, 3.63) is 0 Å². The van der Waals surface area contributed by atoms with Gasteiger partial charge < -0.3 is 9.16 Å². The van der Waals surface area contributed by atoms with E-state index in [2.05, 4.69) is 0 Å². The van der Waals surface area contributed by atoms with E-state index >= 15 is 0 Å². The van der Waals surface area contributed by atoms with E-state index in [1.54, 1.807) is 0 Å². The van der Waals surface area contributed by atoms with E-state index in [0.717, 1.165) is 19.8 Å². The molecule has 12 heavy (non-hydrogen) atoms. The van der Waals surface area contributed by atoms with Gasteiger partial charge in [-0.2, -0.15) is 0 Å². The van der Waals surface area contributed by atoms with Gasteiger partial charge in [0.05, 0.1) is 0 Å². The predicted molar refractivity (Wildman–Crippen MR) is 53.2 cm³/mol. The second-order valence-electron chi connectivity index (χ2n) is 3.35. The van der Waals surface area contributed by atoms with E-state index in [1.165, 1.54) is 38.1 Å². The Morgan fingerprint density at radius 1 is 0.750 bits per heavy atom. The average molecular weight is 188 g/mol. The molecule has 0 aliphatic carbocycles. The van der Waals surface area contributed by atoms with Gasteiger partial charge in [0, 0.05) is 19.8 Å². The summed E-state index contributed by atoms with van der Waals surface area (Å²) in [5, 5.41) is 0. The molecule has 0 atom stereocenters. The van der Waals surface area contributed by atoms with Gasteiger partial charge in [-0.3, -0.25) is 0 Å². The molecule has 2 aliphatic rings. The first kappa shape index (κ1) is 10.2. The lowest BCUT2D eigenvalue weighted by Crippen LogP contribution is -2.06. The quantitative estimate of drug-likeness (QED) is 0.536. The van der Waals surface area contributed by atoms with Gasteiger partial charge in [-0.05, 0) is 31.7 Å². The molecule has 2 rings (SSSR count). The molecular weight excluding hydrogens is 168 g/mol. The van der Waals surface area contributed by atoms with Crippen LogP contribution in [0.4, 0.5) is 0 Å². The van der Waals surface area contributed by atoms with E-state index in [0.29, 0.717) is 0 Å². The van der Waals surface area contributed by atoms with E-state index < -0.39 is 0 Å². The highest BCUT2D eigenvalue weighted by Crippen LogP contribution is 2.02. The van der Waals surface area contributed by atoms with E-state index in [9.17, 15) is 0 Å². The van der Waals surface area contributed by atoms with E-state index in [-0.39, 0.29) is 9.76 Å². The molecule has 72 valence electrons. The second-order valence-corrected chi connectivity index (χ2v) is 4.87. The van der Waals surface area contributed by atoms with Crippen LogP contribution < -0.4 is 0 Å². The maximum atomic E-state index is 5.21. The largest absolute Gasteiger partial charge is 0.424 e. The fraction of sp³-hybridized carbons (Fsp3) is 1.00. The van der Waals surface area contributed by atoms with Gasteiger partial charge in [0.25, 0.3) is 0 Å². The molecule has 0 unspecified atom stereocenters. The Kier molecular flexibility index (Phi) is 6.62. The maximum absolute atomic E-state index is 5.21. The minimum Gasteiger partial charge on any atom is -0.424 e. The number of ether oxygens (including phenoxy) is 1. The topological polar surface area (TPSA) is 18.5 Å². The molecule has 0 bridgehead atoms. The molecule has 2 aliphatic heterocycles. The molecule has 0 amide bonds. The summed E-state index contributed by atoms with van der Waals surface area (Å²) in [6.07, 6.45) is 6.68. The van der Waals surface area contributed by atoms with Crippen molar-refractivity contribution >= 4 is 9.76 Å². The van der Waals surface area contributed by atoms with Crippen LogP contribution in [0.15, 0.2) is 0 Å². The smallest absolute Gasteiger partial charge is 0.161 e. The lowest BCUT2D eigenvalue weighted by molar-refractivity contribution is 0.0968. The summed E-state index contributed by atoms with van der Waals surface area (Å²) in [5.74, 6) is 0. The SMILES string of the molecule is C1CCOCC1.C1CC[SiH2]OC1. The molecule has 0 radical (unpaired) electrons. The highest BCUT2D eigenvalue weighted by molar-refractivity contribution is 6.27. The van der Waals surface area contributed by atoms with Gasteiger partial charge in [-0.25, -0.2) is 0 Å². The van der Waals surface area contributed by atoms with Gasteiger partial charge in [-0.15, -0.1) is 0 Å². The Bertz CT molecular complexity index is 55.5. The number of rotatable bonds is 0. The maximum Gasteiger partial charge on any atom is 0.161 e. The zero-order valence-corrected chi connectivity index (χ0v) is 9.30. The first-order chi connectivity index (χ1) is 6.00. The average Bonchev–Trinajstić information content (AvgIpc) is 2.24. The second kappa shape index (κ2) is 7.77. The third-order valence-corrected chi connectivity index (χ3v) is 3.52. The summed E-state index contributed by atoms with van der Waals surface area (Å²) in [6, 6.07) is 1.42. The summed E-state index contributed by atoms with van der Waals surface area (Å²) in [7, 11) is 0.00849. The van der Waals surface area contributed by atoms with Crippen molar-refractivity contribution in [2.75, 3.05) is 19.8 Å². The van der Waals surface area contributed by atoms with Crippen LogP contribution in [-0.4, -0.2) is 29.6 Å². The molecule has 0 aromatic rings. The first-order valence-corrected chi connectivity index (χ1v) is 6.73. The zero-order valence-electron chi connectivity index (χ0n) is 7.89. The monoisotopic (exact) mass is 188 g/mol. The highest BCUT2D eigenvalue weighted by Gasteiger charge is 1.96. The highest BCUT2D eigenvalue weighted by atomic mass is 28.2. The summed E-state index contributed by atoms with van der Waals surface area (Å²) >= 11 is 0. The van der Waals surface area contributed by atoms with Crippen molar-refractivity contribution in [2.24, 2.45) is 0 Å². The van der Waals surface area contributed by atoms with Crippen molar-refractivity contribution < 1.29 is 9.16 Å². The van der Waals surface area contributed by atoms with Gasteiger partial charge in [0.1, 0.15) is 0 Å². The number of hydrogen-bond donors (Lipinski definition) is 0. The molecular formula is C9H20O2Si. The van der Waals surface area contributed by atoms with Gasteiger partial charge in [0.15, 0.2) is 9.76 Å². The van der Waals surface area contributed by atoms with Crippen molar-refractivity contribution in [3.63, 3.8) is 0 Å². The van der Waals surface area contributed by atoms with Crippen LogP contribution >= 0.6 is 0 Å². The van der Waals surface area contributed by atoms with Crippen molar-refractivity contribution in [2.45, 2.75) is 38.1 Å². The molecule has 2 fully saturated rings. The van der Waals surface area contributed by atoms with Gasteiger partial charge >= 0.3 is 0 Å². The van der Waals surface area contributed by atoms with Crippen LogP contribution in [0.25, 0.3) is 0 Å². The van der Waals surface area contributed by atoms with Gasteiger partial charge in [0.2, 0.25) is 0 Å². The lowest BCUT2D eigenvalue weighted by atomic mass is 10.2. The Morgan fingerprint density at radius 2 is 1.50 bits per heavy atom. The third kappa shape index (κ3) is 5.74. The predicted octanol–water partition coefficient (Wildman–Crippen LogP) is 1.49. The van der Waals surface area contributed by atoms with Crippen LogP contribution in [0.2, 0.25) is 6.04 Å². The van der Waals surface area contributed by atoms with Crippen LogP contribution in [0.5, 0.6) is 0 Å². The normalized spacial score (nSPS) is 26.0. The standard InChI is InChI=1S/C5H10O.C4H10OSi/c2*1-2-4-6-5-3-1/h1-5H2;1-4,6H2. The lowest BCUT2D eigenvalue weighted by Gasteiger charge is -2.08. The molecule has 2 nitrogen and oxygen atoms in total. The molecule has 2 heterocycles. The van der Waals surface area contributed by atoms with Crippen molar-refractivity contribution in [1.29, 1.82) is 0 Å². The van der Waals surface area contributed by atoms with Crippen LogP contribution in [0.1, 0.15) is 32.1 Å². The van der Waals surface area contributed by atoms with E-state index in [1.807, 2.05) is 0 Å². The molecule has 2 saturated heterocycles. The molecule has 0 N–H and O–H groups in total. The Morgan fingerprint density at radius 3 is 1.67 bits per heavy atom. The third-order valence-electron chi connectivity index (χ3n) is 2.15. The Balaban J connectivity index is 0.000000120. The number of hydrogen-bond acceptors (Lipinski definition) is 2.